The Morgan fingerprint density at radius 2 is 1.93 bits per heavy atom. The van der Waals surface area contributed by atoms with Gasteiger partial charge in [-0.1, -0.05) is 26.3 Å². The van der Waals surface area contributed by atoms with Crippen LogP contribution in [-0.2, 0) is 6.42 Å². The highest BCUT2D eigenvalue weighted by molar-refractivity contribution is 7.99. The minimum atomic E-state index is 1.21. The second-order valence-corrected chi connectivity index (χ2v) is 4.86. The van der Waals surface area contributed by atoms with Gasteiger partial charge in [-0.2, -0.15) is 0 Å². The number of thioether (sulfide) groups is 1. The molecule has 0 nitrogen and oxygen atoms in total. The molecule has 0 aliphatic carbocycles. The van der Waals surface area contributed by atoms with Crippen molar-refractivity contribution in [2.24, 2.45) is 0 Å². The topological polar surface area (TPSA) is 0 Å². The molecule has 0 saturated heterocycles. The van der Waals surface area contributed by atoms with Crippen LogP contribution in [-0.4, -0.2) is 5.75 Å². The Labute approximate surface area is 92.1 Å². The summed E-state index contributed by atoms with van der Waals surface area (Å²) in [6, 6.07) is 6.88. The van der Waals surface area contributed by atoms with E-state index in [9.17, 15) is 0 Å². The quantitative estimate of drug-likeness (QED) is 0.644. The lowest BCUT2D eigenvalue weighted by molar-refractivity contribution is 0.910. The Balaban J connectivity index is 2.68. The molecule has 78 valence electrons. The van der Waals surface area contributed by atoms with E-state index in [2.05, 4.69) is 39.0 Å². The van der Waals surface area contributed by atoms with Crippen LogP contribution in [0.3, 0.4) is 0 Å². The fourth-order valence-electron chi connectivity index (χ4n) is 1.53. The van der Waals surface area contributed by atoms with Crippen molar-refractivity contribution >= 4 is 11.8 Å². The van der Waals surface area contributed by atoms with Gasteiger partial charge in [0.15, 0.2) is 0 Å². The fourth-order valence-corrected chi connectivity index (χ4v) is 2.39. The summed E-state index contributed by atoms with van der Waals surface area (Å²) in [7, 11) is 0. The largest absolute Gasteiger partial charge is 0.126 e. The van der Waals surface area contributed by atoms with Crippen LogP contribution in [0.4, 0.5) is 0 Å². The summed E-state index contributed by atoms with van der Waals surface area (Å²) in [6.07, 6.45) is 3.70. The van der Waals surface area contributed by atoms with E-state index in [1.165, 1.54) is 41.0 Å². The third-order valence-corrected chi connectivity index (χ3v) is 3.51. The molecule has 0 unspecified atom stereocenters. The third-order valence-electron chi connectivity index (χ3n) is 2.31. The number of rotatable bonds is 5. The predicted molar refractivity (Wildman–Crippen MR) is 66.2 cm³/mol. The predicted octanol–water partition coefficient (Wildman–Crippen LogP) is 4.45. The number of benzene rings is 1. The highest BCUT2D eigenvalue weighted by atomic mass is 32.2. The zero-order chi connectivity index (χ0) is 10.4. The molecule has 1 heteroatoms. The molecule has 14 heavy (non-hydrogen) atoms. The van der Waals surface area contributed by atoms with Crippen LogP contribution in [0.25, 0.3) is 0 Å². The molecule has 0 heterocycles. The van der Waals surface area contributed by atoms with Crippen molar-refractivity contribution in [3.8, 4) is 0 Å². The first-order valence-electron chi connectivity index (χ1n) is 5.50. The molecule has 1 aromatic rings. The molecule has 0 saturated carbocycles. The lowest BCUT2D eigenvalue weighted by atomic mass is 10.1. The van der Waals surface area contributed by atoms with Crippen molar-refractivity contribution in [2.45, 2.75) is 44.9 Å². The summed E-state index contributed by atoms with van der Waals surface area (Å²) in [5.74, 6) is 1.23. The molecule has 0 bridgehead atoms. The first-order chi connectivity index (χ1) is 6.77. The first-order valence-corrected chi connectivity index (χ1v) is 6.48. The van der Waals surface area contributed by atoms with E-state index in [0.717, 1.165) is 0 Å². The van der Waals surface area contributed by atoms with Gasteiger partial charge in [0, 0.05) is 4.90 Å². The van der Waals surface area contributed by atoms with E-state index >= 15 is 0 Å². The second-order valence-electron chi connectivity index (χ2n) is 3.69. The number of aryl methyl sites for hydroxylation is 2. The Morgan fingerprint density at radius 3 is 2.50 bits per heavy atom. The average Bonchev–Trinajstić information content (AvgIpc) is 2.19. The normalized spacial score (nSPS) is 10.5. The van der Waals surface area contributed by atoms with Gasteiger partial charge in [-0.25, -0.2) is 0 Å². The van der Waals surface area contributed by atoms with Crippen molar-refractivity contribution in [2.75, 3.05) is 5.75 Å². The maximum absolute atomic E-state index is 2.32. The van der Waals surface area contributed by atoms with Gasteiger partial charge in [-0.15, -0.1) is 11.8 Å². The Kier molecular flexibility index (Phi) is 5.10. The van der Waals surface area contributed by atoms with Gasteiger partial charge < -0.3 is 0 Å². The van der Waals surface area contributed by atoms with Crippen molar-refractivity contribution < 1.29 is 0 Å². The highest BCUT2D eigenvalue weighted by Gasteiger charge is 1.99. The van der Waals surface area contributed by atoms with Gasteiger partial charge in [-0.3, -0.25) is 0 Å². The van der Waals surface area contributed by atoms with Crippen LogP contribution in [0.2, 0.25) is 0 Å². The zero-order valence-corrected chi connectivity index (χ0v) is 10.3. The van der Waals surface area contributed by atoms with E-state index in [0.29, 0.717) is 0 Å². The van der Waals surface area contributed by atoms with E-state index in [-0.39, 0.29) is 0 Å². The van der Waals surface area contributed by atoms with Gasteiger partial charge in [0.05, 0.1) is 0 Å². The smallest absolute Gasteiger partial charge is 0.00747 e. The maximum Gasteiger partial charge on any atom is 0.00747 e. The molecular weight excluding hydrogens is 188 g/mol. The average molecular weight is 208 g/mol. The summed E-state index contributed by atoms with van der Waals surface area (Å²) in [5, 5.41) is 0. The SMILES string of the molecule is CCCSc1ccc(CCC)c(C)c1. The summed E-state index contributed by atoms with van der Waals surface area (Å²) >= 11 is 1.96. The van der Waals surface area contributed by atoms with Crippen molar-refractivity contribution in [1.29, 1.82) is 0 Å². The van der Waals surface area contributed by atoms with Crippen LogP contribution in [0.5, 0.6) is 0 Å². The second kappa shape index (κ2) is 6.13. The first kappa shape index (κ1) is 11.6. The minimum Gasteiger partial charge on any atom is -0.126 e. The van der Waals surface area contributed by atoms with E-state index in [1.807, 2.05) is 11.8 Å². The molecule has 1 aromatic carbocycles. The van der Waals surface area contributed by atoms with Crippen LogP contribution < -0.4 is 0 Å². The standard InChI is InChI=1S/C13H20S/c1-4-6-12-7-8-13(10-11(12)3)14-9-5-2/h7-8,10H,4-6,9H2,1-3H3. The maximum atomic E-state index is 2.32. The van der Waals surface area contributed by atoms with E-state index in [4.69, 9.17) is 0 Å². The number of hydrogen-bond acceptors (Lipinski definition) is 1. The summed E-state index contributed by atoms with van der Waals surface area (Å²) in [4.78, 5) is 1.42. The summed E-state index contributed by atoms with van der Waals surface area (Å²) in [6.45, 7) is 6.69. The van der Waals surface area contributed by atoms with Crippen LogP contribution in [0.1, 0.15) is 37.8 Å². The van der Waals surface area contributed by atoms with Crippen molar-refractivity contribution in [1.82, 2.24) is 0 Å². The van der Waals surface area contributed by atoms with Crippen molar-refractivity contribution in [3.63, 3.8) is 0 Å². The lowest BCUT2D eigenvalue weighted by Gasteiger charge is -2.06. The molecule has 0 fully saturated rings. The number of hydrogen-bond donors (Lipinski definition) is 0. The highest BCUT2D eigenvalue weighted by Crippen LogP contribution is 2.22. The zero-order valence-electron chi connectivity index (χ0n) is 9.47. The Hall–Kier alpha value is -0.430. The molecule has 0 aromatic heterocycles. The molecule has 0 N–H and O–H groups in total. The molecule has 1 rings (SSSR count). The van der Waals surface area contributed by atoms with E-state index in [1.54, 1.807) is 0 Å². The molecule has 0 radical (unpaired) electrons. The molecular formula is C13H20S. The van der Waals surface area contributed by atoms with Crippen molar-refractivity contribution in [3.05, 3.63) is 29.3 Å². The minimum absolute atomic E-state index is 1.21. The summed E-state index contributed by atoms with van der Waals surface area (Å²) in [5.41, 5.74) is 2.96. The van der Waals surface area contributed by atoms with Gasteiger partial charge >= 0.3 is 0 Å². The molecule has 0 spiro atoms. The summed E-state index contributed by atoms with van der Waals surface area (Å²) < 4.78 is 0. The Morgan fingerprint density at radius 1 is 1.14 bits per heavy atom. The third kappa shape index (κ3) is 3.38. The van der Waals surface area contributed by atoms with Gasteiger partial charge in [0.25, 0.3) is 0 Å². The Bertz CT molecular complexity index is 279. The molecule has 0 amide bonds. The van der Waals surface area contributed by atoms with Gasteiger partial charge in [0.2, 0.25) is 0 Å². The fraction of sp³-hybridized carbons (Fsp3) is 0.538. The molecule has 0 aliphatic rings. The molecule has 0 aliphatic heterocycles. The van der Waals surface area contributed by atoms with Crippen LogP contribution in [0, 0.1) is 6.92 Å². The van der Waals surface area contributed by atoms with Gasteiger partial charge in [0.1, 0.15) is 0 Å². The van der Waals surface area contributed by atoms with Crippen LogP contribution >= 0.6 is 11.8 Å². The van der Waals surface area contributed by atoms with E-state index < -0.39 is 0 Å². The lowest BCUT2D eigenvalue weighted by Crippen LogP contribution is -1.88. The molecule has 0 atom stereocenters. The van der Waals surface area contributed by atoms with Gasteiger partial charge in [-0.05, 0) is 48.8 Å². The van der Waals surface area contributed by atoms with Crippen LogP contribution in [0.15, 0.2) is 23.1 Å². The monoisotopic (exact) mass is 208 g/mol.